The van der Waals surface area contributed by atoms with Crippen LogP contribution in [0.4, 0.5) is 0 Å². The van der Waals surface area contributed by atoms with E-state index in [1.807, 2.05) is 0 Å². The zero-order valence-corrected chi connectivity index (χ0v) is 40.5. The van der Waals surface area contributed by atoms with E-state index in [4.69, 9.17) is 14.2 Å². The van der Waals surface area contributed by atoms with E-state index in [1.165, 1.54) is 70.6 Å². The number of carboxylic acids is 1. The van der Waals surface area contributed by atoms with E-state index in [9.17, 15) is 19.5 Å². The van der Waals surface area contributed by atoms with Crippen LogP contribution in [0.5, 0.6) is 0 Å². The highest BCUT2D eigenvalue weighted by Crippen LogP contribution is 2.14. The molecule has 0 rings (SSSR count). The number of unbranched alkanes of at least 4 members (excludes halogenated alkanes) is 19. The molecule has 0 N–H and O–H groups in total. The maximum atomic E-state index is 12.8. The third-order valence-corrected chi connectivity index (χ3v) is 10.9. The minimum atomic E-state index is -1.13. The predicted octanol–water partition coefficient (Wildman–Crippen LogP) is 13.0. The highest BCUT2D eigenvalue weighted by Gasteiger charge is 2.25. The number of likely N-dealkylation sites (N-methyl/N-ethyl adjacent to an activating group) is 1. The number of aliphatic carboxylic acids is 1. The van der Waals surface area contributed by atoms with Crippen LogP contribution in [-0.2, 0) is 28.6 Å². The summed E-state index contributed by atoms with van der Waals surface area (Å²) in [7, 11) is 5.40. The number of hydrogen-bond donors (Lipinski definition) is 0. The second-order valence-corrected chi connectivity index (χ2v) is 17.7. The molecule has 0 aliphatic carbocycles. The molecule has 0 radical (unpaired) electrons. The minimum absolute atomic E-state index is 0.0278. The second-order valence-electron chi connectivity index (χ2n) is 17.7. The van der Waals surface area contributed by atoms with Gasteiger partial charge < -0.3 is 28.6 Å². The number of carbonyl (C=O) groups is 3. The van der Waals surface area contributed by atoms with Gasteiger partial charge in [0.1, 0.15) is 12.6 Å². The van der Waals surface area contributed by atoms with Gasteiger partial charge in [-0.05, 0) is 77.0 Å². The van der Waals surface area contributed by atoms with Crippen molar-refractivity contribution in [1.82, 2.24) is 0 Å². The Kier molecular flexibility index (Phi) is 42.1. The lowest BCUT2D eigenvalue weighted by molar-refractivity contribution is -0.889. The number of carboxylic acid groups (broad SMARTS) is 1. The Bertz CT molecular complexity index is 1240. The van der Waals surface area contributed by atoms with Gasteiger partial charge in [0.2, 0.25) is 0 Å². The van der Waals surface area contributed by atoms with Gasteiger partial charge in [-0.2, -0.15) is 0 Å². The molecule has 62 heavy (non-hydrogen) atoms. The van der Waals surface area contributed by atoms with Crippen LogP contribution in [-0.4, -0.2) is 75.5 Å². The van der Waals surface area contributed by atoms with Crippen molar-refractivity contribution in [3.05, 3.63) is 72.9 Å². The molecule has 0 aromatic rings. The molecule has 0 aromatic carbocycles. The molecule has 0 saturated heterocycles. The summed E-state index contributed by atoms with van der Waals surface area (Å²) in [5, 5.41) is 11.7. The maximum Gasteiger partial charge on any atom is 0.306 e. The molecule has 0 spiro atoms. The zero-order chi connectivity index (χ0) is 45.6. The fourth-order valence-electron chi connectivity index (χ4n) is 6.99. The number of ether oxygens (including phenoxy) is 3. The van der Waals surface area contributed by atoms with Crippen LogP contribution in [0.15, 0.2) is 72.9 Å². The van der Waals surface area contributed by atoms with Crippen LogP contribution in [0, 0.1) is 0 Å². The van der Waals surface area contributed by atoms with Gasteiger partial charge in [-0.3, -0.25) is 9.59 Å². The van der Waals surface area contributed by atoms with Gasteiger partial charge in [-0.25, -0.2) is 0 Å². The van der Waals surface area contributed by atoms with Crippen LogP contribution in [0.1, 0.15) is 200 Å². The molecule has 2 unspecified atom stereocenters. The van der Waals surface area contributed by atoms with Crippen LogP contribution >= 0.6 is 0 Å². The topological polar surface area (TPSA) is 102 Å². The molecule has 8 heteroatoms. The molecule has 0 saturated carbocycles. The average molecular weight is 868 g/mol. The first-order chi connectivity index (χ1) is 30.1. The Morgan fingerprint density at radius 2 is 0.952 bits per heavy atom. The van der Waals surface area contributed by atoms with Crippen molar-refractivity contribution in [1.29, 1.82) is 0 Å². The molecule has 0 heterocycles. The Labute approximate surface area is 381 Å². The van der Waals surface area contributed by atoms with Crippen LogP contribution < -0.4 is 5.11 Å². The summed E-state index contributed by atoms with van der Waals surface area (Å²) >= 11 is 0. The van der Waals surface area contributed by atoms with Crippen molar-refractivity contribution in [3.8, 4) is 0 Å². The summed E-state index contributed by atoms with van der Waals surface area (Å²) < 4.78 is 17.2. The van der Waals surface area contributed by atoms with Gasteiger partial charge in [0.25, 0.3) is 0 Å². The summed E-state index contributed by atoms with van der Waals surface area (Å²) in [4.78, 5) is 37.0. The molecule has 0 fully saturated rings. The first-order valence-corrected chi connectivity index (χ1v) is 25.0. The van der Waals surface area contributed by atoms with Gasteiger partial charge in [-0.15, -0.1) is 0 Å². The lowest BCUT2D eigenvalue weighted by Gasteiger charge is -2.34. The van der Waals surface area contributed by atoms with Crippen molar-refractivity contribution < 1.29 is 38.2 Å². The predicted molar refractivity (Wildman–Crippen MR) is 259 cm³/mol. The standard InChI is InChI=1S/C54H93NO7/c1-6-8-10-12-14-16-18-20-22-24-26-27-29-30-32-34-36-38-40-42-44-52(56)61-49-50(48-60-47-46-51(54(58)59)55(3,4)5)62-53(57)45-43-41-39-37-35-33-31-28-25-23-21-19-17-15-13-11-9-7-2/h8,10,14,16,20,22-23,25-28,31,50-51H,6-7,9,11-13,15,17-19,21,24,29-30,32-49H2,1-5H3/b10-8+,16-14+,22-20+,25-23+,27-26+,31-28+. The summed E-state index contributed by atoms with van der Waals surface area (Å²) in [5.41, 5.74) is 0. The van der Waals surface area contributed by atoms with E-state index in [0.29, 0.717) is 12.8 Å². The van der Waals surface area contributed by atoms with E-state index in [0.717, 1.165) is 96.3 Å². The summed E-state index contributed by atoms with van der Waals surface area (Å²) in [6, 6.07) is -0.734. The van der Waals surface area contributed by atoms with E-state index in [1.54, 1.807) is 21.1 Å². The Balaban J connectivity index is 4.33. The summed E-state index contributed by atoms with van der Waals surface area (Å²) in [6.45, 7) is 4.52. The van der Waals surface area contributed by atoms with Gasteiger partial charge >= 0.3 is 11.9 Å². The number of carbonyl (C=O) groups excluding carboxylic acids is 3. The monoisotopic (exact) mass is 868 g/mol. The lowest BCUT2D eigenvalue weighted by atomic mass is 10.1. The Hall–Kier alpha value is -3.23. The smallest absolute Gasteiger partial charge is 0.306 e. The number of allylic oxidation sites excluding steroid dienone is 12. The molecule has 0 amide bonds. The quantitative estimate of drug-likeness (QED) is 0.0198. The number of quaternary nitrogens is 1. The molecule has 0 aliphatic rings. The van der Waals surface area contributed by atoms with Crippen LogP contribution in [0.3, 0.4) is 0 Å². The normalized spacial score (nSPS) is 13.5. The fourth-order valence-corrected chi connectivity index (χ4v) is 6.99. The third kappa shape index (κ3) is 42.1. The minimum Gasteiger partial charge on any atom is -0.544 e. The molecule has 8 nitrogen and oxygen atoms in total. The SMILES string of the molecule is CC/C=C/C/C=C/C/C=C/C/C=C/CCCCCCCCCC(=O)OCC(COCCC(C(=O)[O-])[N+](C)(C)C)OC(=O)CCCCCCC/C=C/C=C/CCCCCCCCC. The van der Waals surface area contributed by atoms with Crippen LogP contribution in [0.25, 0.3) is 0 Å². The van der Waals surface area contributed by atoms with E-state index < -0.39 is 18.1 Å². The highest BCUT2D eigenvalue weighted by molar-refractivity contribution is 5.70. The van der Waals surface area contributed by atoms with Crippen molar-refractivity contribution in [3.63, 3.8) is 0 Å². The highest BCUT2D eigenvalue weighted by atomic mass is 16.6. The second kappa shape index (κ2) is 44.4. The third-order valence-electron chi connectivity index (χ3n) is 10.9. The van der Waals surface area contributed by atoms with Gasteiger partial charge in [0, 0.05) is 19.3 Å². The molecule has 0 aromatic heterocycles. The number of nitrogens with zero attached hydrogens (tertiary/aromatic N) is 1. The van der Waals surface area contributed by atoms with E-state index in [-0.39, 0.29) is 42.7 Å². The Morgan fingerprint density at radius 1 is 0.516 bits per heavy atom. The fraction of sp³-hybridized carbons (Fsp3) is 0.722. The number of esters is 2. The molecular formula is C54H93NO7. The molecule has 356 valence electrons. The summed E-state index contributed by atoms with van der Waals surface area (Å²) in [6.07, 6.45) is 56.4. The molecule has 0 bridgehead atoms. The zero-order valence-electron chi connectivity index (χ0n) is 40.5. The van der Waals surface area contributed by atoms with Crippen molar-refractivity contribution >= 4 is 17.9 Å². The number of hydrogen-bond acceptors (Lipinski definition) is 7. The van der Waals surface area contributed by atoms with Gasteiger partial charge in [0.15, 0.2) is 6.10 Å². The average Bonchev–Trinajstić information content (AvgIpc) is 3.23. The van der Waals surface area contributed by atoms with Gasteiger partial charge in [0.05, 0.1) is 40.3 Å². The lowest BCUT2D eigenvalue weighted by Crippen LogP contribution is -2.55. The maximum absolute atomic E-state index is 12.8. The van der Waals surface area contributed by atoms with Crippen molar-refractivity contribution in [2.24, 2.45) is 0 Å². The van der Waals surface area contributed by atoms with Crippen molar-refractivity contribution in [2.75, 3.05) is 41.0 Å². The number of rotatable bonds is 44. The summed E-state index contributed by atoms with van der Waals surface area (Å²) in [5.74, 6) is -1.77. The first kappa shape index (κ1) is 58.8. The molecule has 2 atom stereocenters. The van der Waals surface area contributed by atoms with E-state index in [2.05, 4.69) is 86.8 Å². The Morgan fingerprint density at radius 3 is 1.44 bits per heavy atom. The molecule has 0 aliphatic heterocycles. The molecular weight excluding hydrogens is 775 g/mol. The van der Waals surface area contributed by atoms with Crippen molar-refractivity contribution in [2.45, 2.75) is 212 Å². The van der Waals surface area contributed by atoms with Gasteiger partial charge in [-0.1, -0.05) is 177 Å². The van der Waals surface area contributed by atoms with E-state index >= 15 is 0 Å². The first-order valence-electron chi connectivity index (χ1n) is 25.0. The van der Waals surface area contributed by atoms with Crippen LogP contribution in [0.2, 0.25) is 0 Å². The largest absolute Gasteiger partial charge is 0.544 e.